The third-order valence-corrected chi connectivity index (χ3v) is 2.42. The molecule has 0 spiro atoms. The van der Waals surface area contributed by atoms with Crippen LogP contribution in [0.4, 0.5) is 13.2 Å². The number of nitrogens with one attached hydrogen (secondary N) is 2. The summed E-state index contributed by atoms with van der Waals surface area (Å²) in [5.41, 5.74) is 2.33. The number of halogens is 3. The molecule has 9 heteroatoms. The van der Waals surface area contributed by atoms with E-state index in [9.17, 15) is 22.8 Å². The Balaban J connectivity index is 3.21. The SMILES string of the molecule is CCC(=O)NN=C(C(=O)NN)c1cccc(C(F)(F)F)c1. The van der Waals surface area contributed by atoms with E-state index >= 15 is 0 Å². The van der Waals surface area contributed by atoms with Crippen molar-refractivity contribution in [3.05, 3.63) is 35.4 Å². The number of rotatable bonds is 4. The van der Waals surface area contributed by atoms with E-state index in [0.29, 0.717) is 0 Å². The Labute approximate surface area is 118 Å². The average molecular weight is 302 g/mol. The Morgan fingerprint density at radius 2 is 2.00 bits per heavy atom. The Hall–Kier alpha value is -2.42. The molecule has 0 bridgehead atoms. The molecule has 6 nitrogen and oxygen atoms in total. The van der Waals surface area contributed by atoms with E-state index in [1.165, 1.54) is 6.07 Å². The predicted molar refractivity (Wildman–Crippen MR) is 68.7 cm³/mol. The molecule has 0 saturated carbocycles. The summed E-state index contributed by atoms with van der Waals surface area (Å²) in [5, 5.41) is 3.52. The minimum absolute atomic E-state index is 0.101. The molecule has 0 heterocycles. The number of amides is 2. The normalized spacial score (nSPS) is 12.0. The average Bonchev–Trinajstić information content (AvgIpc) is 2.46. The molecule has 1 rings (SSSR count). The van der Waals surface area contributed by atoms with Crippen LogP contribution in [0.3, 0.4) is 0 Å². The first-order valence-corrected chi connectivity index (χ1v) is 5.84. The van der Waals surface area contributed by atoms with Crippen molar-refractivity contribution >= 4 is 17.5 Å². The lowest BCUT2D eigenvalue weighted by molar-refractivity contribution is -0.137. The summed E-state index contributed by atoms with van der Waals surface area (Å²) < 4.78 is 37.9. The summed E-state index contributed by atoms with van der Waals surface area (Å²) in [6.45, 7) is 1.55. The van der Waals surface area contributed by atoms with E-state index in [2.05, 4.69) is 10.5 Å². The molecule has 0 aromatic heterocycles. The highest BCUT2D eigenvalue weighted by atomic mass is 19.4. The Kier molecular flexibility index (Phi) is 5.42. The van der Waals surface area contributed by atoms with E-state index in [4.69, 9.17) is 5.84 Å². The van der Waals surface area contributed by atoms with Gasteiger partial charge < -0.3 is 0 Å². The van der Waals surface area contributed by atoms with Crippen molar-refractivity contribution in [1.82, 2.24) is 10.9 Å². The minimum atomic E-state index is -4.56. The number of hydrazine groups is 1. The summed E-state index contributed by atoms with van der Waals surface area (Å²) in [5.74, 6) is 3.54. The molecule has 1 aromatic rings. The Bertz CT molecular complexity index is 570. The van der Waals surface area contributed by atoms with Crippen LogP contribution in [0.25, 0.3) is 0 Å². The summed E-state index contributed by atoms with van der Waals surface area (Å²) in [4.78, 5) is 22.7. The first-order chi connectivity index (χ1) is 9.79. The highest BCUT2D eigenvalue weighted by molar-refractivity contribution is 6.45. The van der Waals surface area contributed by atoms with Gasteiger partial charge in [-0.25, -0.2) is 11.3 Å². The molecular formula is C12H13F3N4O2. The van der Waals surface area contributed by atoms with Crippen molar-refractivity contribution in [3.63, 3.8) is 0 Å². The zero-order valence-corrected chi connectivity index (χ0v) is 11.0. The summed E-state index contributed by atoms with van der Waals surface area (Å²) in [7, 11) is 0. The molecule has 0 radical (unpaired) electrons. The van der Waals surface area contributed by atoms with E-state index in [0.717, 1.165) is 18.2 Å². The maximum absolute atomic E-state index is 12.6. The highest BCUT2D eigenvalue weighted by Crippen LogP contribution is 2.29. The molecule has 0 aliphatic heterocycles. The van der Waals surface area contributed by atoms with Crippen LogP contribution in [-0.2, 0) is 15.8 Å². The molecular weight excluding hydrogens is 289 g/mol. The quantitative estimate of drug-likeness (QED) is 0.334. The third kappa shape index (κ3) is 4.56. The molecule has 0 saturated heterocycles. The van der Waals surface area contributed by atoms with Crippen molar-refractivity contribution in [2.45, 2.75) is 19.5 Å². The van der Waals surface area contributed by atoms with Gasteiger partial charge >= 0.3 is 6.18 Å². The van der Waals surface area contributed by atoms with Crippen LogP contribution < -0.4 is 16.7 Å². The van der Waals surface area contributed by atoms with Crippen molar-refractivity contribution < 1.29 is 22.8 Å². The van der Waals surface area contributed by atoms with Crippen LogP contribution >= 0.6 is 0 Å². The fraction of sp³-hybridized carbons (Fsp3) is 0.250. The van der Waals surface area contributed by atoms with E-state index < -0.39 is 29.3 Å². The van der Waals surface area contributed by atoms with E-state index in [1.54, 1.807) is 12.3 Å². The monoisotopic (exact) mass is 302 g/mol. The van der Waals surface area contributed by atoms with Gasteiger partial charge in [-0.2, -0.15) is 18.3 Å². The van der Waals surface area contributed by atoms with Gasteiger partial charge in [0.15, 0.2) is 5.71 Å². The first-order valence-electron chi connectivity index (χ1n) is 5.84. The second kappa shape index (κ2) is 6.84. The lowest BCUT2D eigenvalue weighted by Crippen LogP contribution is -2.38. The lowest BCUT2D eigenvalue weighted by Gasteiger charge is -2.10. The number of alkyl halides is 3. The zero-order chi connectivity index (χ0) is 16.0. The second-order valence-electron chi connectivity index (χ2n) is 3.90. The number of hydrazone groups is 1. The fourth-order valence-electron chi connectivity index (χ4n) is 1.35. The maximum atomic E-state index is 12.6. The Morgan fingerprint density at radius 1 is 1.33 bits per heavy atom. The standard InChI is InChI=1S/C12H13F3N4O2/c1-2-9(20)18-19-10(11(21)17-16)7-4-3-5-8(6-7)12(13,14)15/h3-6H,2,16H2,1H3,(H,17,21)(H,18,20). The molecule has 1 aromatic carbocycles. The molecule has 0 fully saturated rings. The minimum Gasteiger partial charge on any atom is -0.289 e. The van der Waals surface area contributed by atoms with Crippen LogP contribution in [0.2, 0.25) is 0 Å². The third-order valence-electron chi connectivity index (χ3n) is 2.42. The lowest BCUT2D eigenvalue weighted by atomic mass is 10.1. The molecule has 0 atom stereocenters. The molecule has 2 amide bonds. The van der Waals surface area contributed by atoms with Crippen molar-refractivity contribution in [2.75, 3.05) is 0 Å². The molecule has 4 N–H and O–H groups in total. The van der Waals surface area contributed by atoms with E-state index in [-0.39, 0.29) is 12.0 Å². The van der Waals surface area contributed by atoms with Gasteiger partial charge in [0.2, 0.25) is 5.91 Å². The number of hydrogen-bond donors (Lipinski definition) is 3. The number of nitrogens with zero attached hydrogens (tertiary/aromatic N) is 1. The number of benzene rings is 1. The molecule has 21 heavy (non-hydrogen) atoms. The highest BCUT2D eigenvalue weighted by Gasteiger charge is 2.31. The van der Waals surface area contributed by atoms with Gasteiger partial charge in [0.1, 0.15) is 0 Å². The smallest absolute Gasteiger partial charge is 0.289 e. The van der Waals surface area contributed by atoms with Gasteiger partial charge in [0.25, 0.3) is 5.91 Å². The van der Waals surface area contributed by atoms with Crippen molar-refractivity contribution in [1.29, 1.82) is 0 Å². The summed E-state index contributed by atoms with van der Waals surface area (Å²) >= 11 is 0. The molecule has 0 unspecified atom stereocenters. The van der Waals surface area contributed by atoms with Crippen LogP contribution in [0.15, 0.2) is 29.4 Å². The molecule has 0 aliphatic rings. The number of nitrogens with two attached hydrogens (primary N) is 1. The maximum Gasteiger partial charge on any atom is 0.416 e. The van der Waals surface area contributed by atoms with Crippen LogP contribution in [-0.4, -0.2) is 17.5 Å². The Morgan fingerprint density at radius 3 is 2.52 bits per heavy atom. The van der Waals surface area contributed by atoms with E-state index in [1.807, 2.05) is 0 Å². The van der Waals surface area contributed by atoms with Gasteiger partial charge in [-0.05, 0) is 12.1 Å². The molecule has 0 aliphatic carbocycles. The van der Waals surface area contributed by atoms with Gasteiger partial charge in [0.05, 0.1) is 5.56 Å². The van der Waals surface area contributed by atoms with Crippen molar-refractivity contribution in [3.8, 4) is 0 Å². The van der Waals surface area contributed by atoms with Gasteiger partial charge in [0, 0.05) is 12.0 Å². The fourth-order valence-corrected chi connectivity index (χ4v) is 1.35. The molecule has 114 valence electrons. The predicted octanol–water partition coefficient (Wildman–Crippen LogP) is 0.926. The number of carbonyl (C=O) groups excluding carboxylic acids is 2. The summed E-state index contributed by atoms with van der Waals surface area (Å²) in [6.07, 6.45) is -4.46. The summed E-state index contributed by atoms with van der Waals surface area (Å²) in [6, 6.07) is 3.97. The first kappa shape index (κ1) is 16.6. The van der Waals surface area contributed by atoms with Gasteiger partial charge in [-0.1, -0.05) is 19.1 Å². The largest absolute Gasteiger partial charge is 0.416 e. The van der Waals surface area contributed by atoms with Crippen LogP contribution in [0, 0.1) is 0 Å². The van der Waals surface area contributed by atoms with Gasteiger partial charge in [-0.15, -0.1) is 0 Å². The topological polar surface area (TPSA) is 96.6 Å². The van der Waals surface area contributed by atoms with Crippen molar-refractivity contribution in [2.24, 2.45) is 10.9 Å². The number of carbonyl (C=O) groups is 2. The van der Waals surface area contributed by atoms with Crippen LogP contribution in [0.1, 0.15) is 24.5 Å². The van der Waals surface area contributed by atoms with Crippen LogP contribution in [0.5, 0.6) is 0 Å². The van der Waals surface area contributed by atoms with Gasteiger partial charge in [-0.3, -0.25) is 15.0 Å². The number of hydrogen-bond acceptors (Lipinski definition) is 4. The zero-order valence-electron chi connectivity index (χ0n) is 11.0. The second-order valence-corrected chi connectivity index (χ2v) is 3.90.